The van der Waals surface area contributed by atoms with E-state index in [1.807, 2.05) is 42.5 Å². The smallest absolute Gasteiger partial charge is 0.329 e. The quantitative estimate of drug-likeness (QED) is 0.493. The Balaban J connectivity index is 1.82. The summed E-state index contributed by atoms with van der Waals surface area (Å²) in [5.41, 5.74) is 0.376. The number of benzene rings is 3. The van der Waals surface area contributed by atoms with E-state index >= 15 is 0 Å². The van der Waals surface area contributed by atoms with E-state index < -0.39 is 17.9 Å². The van der Waals surface area contributed by atoms with Crippen molar-refractivity contribution in [3.8, 4) is 0 Å². The van der Waals surface area contributed by atoms with Gasteiger partial charge in [0.1, 0.15) is 0 Å². The van der Waals surface area contributed by atoms with Gasteiger partial charge >= 0.3 is 5.97 Å². The molecule has 5 nitrogen and oxygen atoms in total. The molecule has 0 aliphatic heterocycles. The molecule has 0 saturated carbocycles. The fourth-order valence-electron chi connectivity index (χ4n) is 2.79. The molecule has 0 aliphatic rings. The Hall–Kier alpha value is -2.83. The van der Waals surface area contributed by atoms with Crippen LogP contribution in [0.1, 0.15) is 10.4 Å². The maximum atomic E-state index is 12.7. The van der Waals surface area contributed by atoms with E-state index in [1.165, 1.54) is 18.9 Å². The molecule has 0 fully saturated rings. The topological polar surface area (TPSA) is 66.8 Å². The molecule has 1 atom stereocenters. The molecule has 1 N–H and O–H groups in total. The van der Waals surface area contributed by atoms with Crippen LogP contribution in [0.25, 0.3) is 10.8 Å². The lowest BCUT2D eigenvalue weighted by Gasteiger charge is -2.26. The van der Waals surface area contributed by atoms with Crippen LogP contribution < -0.4 is 0 Å². The molecule has 0 saturated heterocycles. The summed E-state index contributed by atoms with van der Waals surface area (Å²) in [6.45, 7) is 0. The van der Waals surface area contributed by atoms with Gasteiger partial charge in [0, 0.05) is 16.2 Å². The summed E-state index contributed by atoms with van der Waals surface area (Å²) in [6.07, 6.45) is 0. The van der Waals surface area contributed by atoms with Crippen molar-refractivity contribution in [2.75, 3.05) is 12.9 Å². The molecule has 0 bridgehead atoms. The van der Waals surface area contributed by atoms with Gasteiger partial charge in [-0.2, -0.15) is 0 Å². The van der Waals surface area contributed by atoms with Crippen LogP contribution in [0.4, 0.5) is 0 Å². The standard InChI is InChI=1S/C21H19NO4S/c1-26-22(20(23)16-9-3-2-4-10-16)18(21(24)25)14-27-19-13-7-11-15-8-5-6-12-17(15)19/h2-13,18H,14H2,1H3,(H,24,25)/t18-/m0/s1. The van der Waals surface area contributed by atoms with Gasteiger partial charge in [0.05, 0.1) is 7.11 Å². The average Bonchev–Trinajstić information content (AvgIpc) is 2.71. The largest absolute Gasteiger partial charge is 0.480 e. The predicted octanol–water partition coefficient (Wildman–Crippen LogP) is 4.09. The van der Waals surface area contributed by atoms with E-state index in [0.29, 0.717) is 5.56 Å². The first-order valence-electron chi connectivity index (χ1n) is 8.38. The molecular formula is C21H19NO4S. The maximum absolute atomic E-state index is 12.7. The normalized spacial score (nSPS) is 11.9. The second kappa shape index (κ2) is 8.70. The molecule has 0 heterocycles. The number of carbonyl (C=O) groups excluding carboxylic acids is 1. The van der Waals surface area contributed by atoms with Crippen LogP contribution >= 0.6 is 11.8 Å². The zero-order valence-corrected chi connectivity index (χ0v) is 15.6. The Labute approximate surface area is 161 Å². The number of thioether (sulfide) groups is 1. The molecule has 6 heteroatoms. The van der Waals surface area contributed by atoms with Crippen LogP contribution in [-0.2, 0) is 9.63 Å². The van der Waals surface area contributed by atoms with Gasteiger partial charge in [0.25, 0.3) is 5.91 Å². The summed E-state index contributed by atoms with van der Waals surface area (Å²) in [6, 6.07) is 21.2. The third kappa shape index (κ3) is 4.30. The second-order valence-corrected chi connectivity index (χ2v) is 6.88. The Morgan fingerprint density at radius 2 is 1.67 bits per heavy atom. The molecule has 27 heavy (non-hydrogen) atoms. The molecule has 3 aromatic rings. The molecule has 1 amide bonds. The summed E-state index contributed by atoms with van der Waals surface area (Å²) in [4.78, 5) is 30.6. The molecule has 138 valence electrons. The number of aliphatic carboxylic acids is 1. The van der Waals surface area contributed by atoms with Crippen LogP contribution in [0.15, 0.2) is 77.7 Å². The van der Waals surface area contributed by atoms with Crippen LogP contribution in [0.5, 0.6) is 0 Å². The number of carboxylic acids is 1. The first-order valence-corrected chi connectivity index (χ1v) is 9.36. The van der Waals surface area contributed by atoms with Gasteiger partial charge in [-0.3, -0.25) is 9.63 Å². The van der Waals surface area contributed by atoms with E-state index in [1.54, 1.807) is 30.3 Å². The number of fused-ring (bicyclic) bond motifs is 1. The van der Waals surface area contributed by atoms with Gasteiger partial charge in [-0.25, -0.2) is 9.86 Å². The van der Waals surface area contributed by atoms with Crippen LogP contribution in [0, 0.1) is 0 Å². The highest BCUT2D eigenvalue weighted by Crippen LogP contribution is 2.29. The molecule has 0 radical (unpaired) electrons. The molecule has 0 aliphatic carbocycles. The SMILES string of the molecule is CON(C(=O)c1ccccc1)[C@@H](CSc1cccc2ccccc12)C(=O)O. The Morgan fingerprint density at radius 3 is 2.37 bits per heavy atom. The minimum atomic E-state index is -1.12. The second-order valence-electron chi connectivity index (χ2n) is 5.82. The van der Waals surface area contributed by atoms with E-state index in [9.17, 15) is 14.7 Å². The first-order chi connectivity index (χ1) is 13.1. The summed E-state index contributed by atoms with van der Waals surface area (Å²) in [5, 5.41) is 12.7. The van der Waals surface area contributed by atoms with Crippen molar-refractivity contribution in [3.63, 3.8) is 0 Å². The lowest BCUT2D eigenvalue weighted by molar-refractivity contribution is -0.163. The van der Waals surface area contributed by atoms with Gasteiger partial charge in [-0.1, -0.05) is 54.6 Å². The first kappa shape index (κ1) is 18.9. The number of hydrogen-bond acceptors (Lipinski definition) is 4. The van der Waals surface area contributed by atoms with E-state index in [2.05, 4.69) is 0 Å². The fraction of sp³-hybridized carbons (Fsp3) is 0.143. The van der Waals surface area contributed by atoms with Crippen molar-refractivity contribution < 1.29 is 19.5 Å². The zero-order chi connectivity index (χ0) is 19.2. The molecule has 0 spiro atoms. The molecule has 0 aromatic heterocycles. The lowest BCUT2D eigenvalue weighted by atomic mass is 10.1. The van der Waals surface area contributed by atoms with Crippen molar-refractivity contribution in [1.82, 2.24) is 5.06 Å². The Kier molecular flexibility index (Phi) is 6.11. The number of nitrogens with zero attached hydrogens (tertiary/aromatic N) is 1. The van der Waals surface area contributed by atoms with E-state index in [4.69, 9.17) is 4.84 Å². The third-order valence-corrected chi connectivity index (χ3v) is 5.28. The summed E-state index contributed by atoms with van der Waals surface area (Å²) >= 11 is 1.39. The Bertz CT molecular complexity index is 940. The average molecular weight is 381 g/mol. The van der Waals surface area contributed by atoms with Gasteiger partial charge in [-0.05, 0) is 29.0 Å². The number of hydrogen-bond donors (Lipinski definition) is 1. The van der Waals surface area contributed by atoms with Gasteiger partial charge in [0.2, 0.25) is 0 Å². The van der Waals surface area contributed by atoms with Crippen molar-refractivity contribution in [1.29, 1.82) is 0 Å². The summed E-state index contributed by atoms with van der Waals surface area (Å²) < 4.78 is 0. The number of hydroxylamine groups is 2. The number of carboxylic acid groups (broad SMARTS) is 1. The number of rotatable bonds is 7. The Morgan fingerprint density at radius 1 is 1.00 bits per heavy atom. The van der Waals surface area contributed by atoms with Crippen molar-refractivity contribution in [3.05, 3.63) is 78.4 Å². The highest BCUT2D eigenvalue weighted by atomic mass is 32.2. The highest BCUT2D eigenvalue weighted by Gasteiger charge is 2.31. The van der Waals surface area contributed by atoms with Crippen molar-refractivity contribution >= 4 is 34.4 Å². The lowest BCUT2D eigenvalue weighted by Crippen LogP contribution is -2.46. The highest BCUT2D eigenvalue weighted by molar-refractivity contribution is 7.99. The van der Waals surface area contributed by atoms with Gasteiger partial charge in [-0.15, -0.1) is 11.8 Å². The number of carbonyl (C=O) groups is 2. The van der Waals surface area contributed by atoms with Crippen LogP contribution in [0.3, 0.4) is 0 Å². The minimum absolute atomic E-state index is 0.162. The molecule has 0 unspecified atom stereocenters. The monoisotopic (exact) mass is 381 g/mol. The predicted molar refractivity (Wildman–Crippen MR) is 106 cm³/mol. The molecule has 3 aromatic carbocycles. The van der Waals surface area contributed by atoms with E-state index in [-0.39, 0.29) is 5.75 Å². The fourth-order valence-corrected chi connectivity index (χ4v) is 3.92. The van der Waals surface area contributed by atoms with Crippen molar-refractivity contribution in [2.24, 2.45) is 0 Å². The van der Waals surface area contributed by atoms with Crippen molar-refractivity contribution in [2.45, 2.75) is 10.9 Å². The molecular weight excluding hydrogens is 362 g/mol. The van der Waals surface area contributed by atoms with Crippen LogP contribution in [-0.4, -0.2) is 41.0 Å². The third-order valence-electron chi connectivity index (χ3n) is 4.13. The minimum Gasteiger partial charge on any atom is -0.480 e. The van der Waals surface area contributed by atoms with Gasteiger partial charge < -0.3 is 5.11 Å². The zero-order valence-electron chi connectivity index (χ0n) is 14.7. The van der Waals surface area contributed by atoms with Gasteiger partial charge in [0.15, 0.2) is 6.04 Å². The molecule has 3 rings (SSSR count). The summed E-state index contributed by atoms with van der Waals surface area (Å²) in [5.74, 6) is -1.44. The maximum Gasteiger partial charge on any atom is 0.329 e. The van der Waals surface area contributed by atoms with Crippen LogP contribution in [0.2, 0.25) is 0 Å². The summed E-state index contributed by atoms with van der Waals surface area (Å²) in [7, 11) is 1.30. The number of amides is 1. The van der Waals surface area contributed by atoms with E-state index in [0.717, 1.165) is 20.7 Å².